The van der Waals surface area contributed by atoms with E-state index in [2.05, 4.69) is 0 Å². The predicted molar refractivity (Wildman–Crippen MR) is 125 cm³/mol. The third-order valence-corrected chi connectivity index (χ3v) is 3.96. The van der Waals surface area contributed by atoms with Gasteiger partial charge in [-0.05, 0) is 12.1 Å². The van der Waals surface area contributed by atoms with Crippen LogP contribution < -0.4 is 0 Å². The first-order chi connectivity index (χ1) is 15.2. The molecule has 2 aliphatic carbocycles. The fourth-order valence-electron chi connectivity index (χ4n) is 2.65. The Kier molecular flexibility index (Phi) is 13.4. The number of benzene rings is 2. The summed E-state index contributed by atoms with van der Waals surface area (Å²) >= 11 is 0. The van der Waals surface area contributed by atoms with Crippen molar-refractivity contribution >= 4 is 23.1 Å². The Bertz CT molecular complexity index is 984. The van der Waals surface area contributed by atoms with Crippen molar-refractivity contribution in [3.63, 3.8) is 0 Å². The van der Waals surface area contributed by atoms with Crippen LogP contribution in [0.5, 0.6) is 0 Å². The van der Waals surface area contributed by atoms with E-state index >= 15 is 0 Å². The van der Waals surface area contributed by atoms with Crippen molar-refractivity contribution in [3.8, 4) is 0 Å². The van der Waals surface area contributed by atoms with Crippen molar-refractivity contribution in [1.29, 1.82) is 0 Å². The number of rotatable bonds is 0. The second kappa shape index (κ2) is 14.8. The molecular weight excluding hydrogens is 464 g/mol. The van der Waals surface area contributed by atoms with E-state index in [0.29, 0.717) is 35.5 Å². The number of hydrogen-bond acceptors (Lipinski definition) is 2. The number of carbonyl (C=O) groups excluding carboxylic acids is 4. The predicted octanol–water partition coefficient (Wildman–Crippen LogP) is 0.228. The minimum atomic E-state index is -0.224. The molecule has 10 N–H and O–H groups in total. The van der Waals surface area contributed by atoms with Crippen LogP contribution in [0.1, 0.15) is 45.7 Å². The SMILES string of the molecule is CC[OH2+].CC[OH2+].O=C1C=C([OH2+])C(=[OH+])c2ccccc21.O=C1C=C([OH2+])C(=[OH+])c2ccccc21.[Ti]. The van der Waals surface area contributed by atoms with Crippen LogP contribution in [0.25, 0.3) is 0 Å². The molecule has 0 unspecified atom stereocenters. The number of allylic oxidation sites excluding steroid dienone is 4. The Labute approximate surface area is 205 Å². The second-order valence-corrected chi connectivity index (χ2v) is 6.34. The van der Waals surface area contributed by atoms with Crippen molar-refractivity contribution in [3.05, 3.63) is 94.5 Å². The molecule has 2 aliphatic rings. The van der Waals surface area contributed by atoms with E-state index in [1.165, 1.54) is 0 Å². The van der Waals surface area contributed by atoms with Gasteiger partial charge < -0.3 is 20.4 Å². The summed E-state index contributed by atoms with van der Waals surface area (Å²) in [6, 6.07) is 13.4. The zero-order chi connectivity index (χ0) is 24.3. The van der Waals surface area contributed by atoms with Crippen LogP contribution in [-0.2, 0) is 21.7 Å². The zero-order valence-corrected chi connectivity index (χ0v) is 20.0. The van der Waals surface area contributed by atoms with E-state index in [1.807, 2.05) is 0 Å². The average Bonchev–Trinajstić information content (AvgIpc) is 2.78. The van der Waals surface area contributed by atoms with E-state index < -0.39 is 0 Å². The second-order valence-electron chi connectivity index (χ2n) is 6.34. The van der Waals surface area contributed by atoms with Crippen molar-refractivity contribution in [2.24, 2.45) is 0 Å². The summed E-state index contributed by atoms with van der Waals surface area (Å²) in [5, 5.41) is 27.0. The maximum absolute atomic E-state index is 11.3. The van der Waals surface area contributed by atoms with E-state index in [0.717, 1.165) is 12.2 Å². The Hall–Kier alpha value is -3.17. The van der Waals surface area contributed by atoms with Gasteiger partial charge in [0.15, 0.2) is 11.6 Å². The van der Waals surface area contributed by atoms with Crippen LogP contribution in [0, 0.1) is 0 Å². The number of fused-ring (bicyclic) bond motifs is 2. The molecule has 0 heterocycles. The van der Waals surface area contributed by atoms with Gasteiger partial charge in [-0.2, -0.15) is 0 Å². The Morgan fingerprint density at radius 2 is 0.879 bits per heavy atom. The van der Waals surface area contributed by atoms with Gasteiger partial charge >= 0.3 is 23.1 Å². The molecule has 4 rings (SSSR count). The number of ketones is 4. The summed E-state index contributed by atoms with van der Waals surface area (Å²) in [5.74, 6) is -0.949. The van der Waals surface area contributed by atoms with Crippen molar-refractivity contribution in [2.75, 3.05) is 13.2 Å². The Balaban J connectivity index is 0.000000491. The van der Waals surface area contributed by atoms with E-state index in [1.54, 1.807) is 62.4 Å². The maximum atomic E-state index is 11.3. The summed E-state index contributed by atoms with van der Waals surface area (Å²) in [4.78, 5) is 41.6. The summed E-state index contributed by atoms with van der Waals surface area (Å²) in [6.07, 6.45) is 2.25. The summed E-state index contributed by atoms with van der Waals surface area (Å²) in [5.41, 5.74) is 1.80. The first-order valence-electron chi connectivity index (χ1n) is 9.79. The fourth-order valence-corrected chi connectivity index (χ4v) is 2.65. The molecule has 9 heteroatoms. The number of hydrogen-bond donors (Lipinski definition) is 0. The summed E-state index contributed by atoms with van der Waals surface area (Å²) in [6.45, 7) is 4.58. The molecule has 8 nitrogen and oxygen atoms in total. The molecule has 0 saturated carbocycles. The quantitative estimate of drug-likeness (QED) is 0.378. The molecule has 0 aliphatic heterocycles. The minimum Gasteiger partial charge on any atom is -0.587 e. The van der Waals surface area contributed by atoms with Crippen LogP contribution in [0.15, 0.2) is 72.2 Å². The molecule has 2 aromatic carbocycles. The van der Waals surface area contributed by atoms with Gasteiger partial charge in [0.1, 0.15) is 13.2 Å². The smallest absolute Gasteiger partial charge is 0.441 e. The molecule has 0 bridgehead atoms. The first kappa shape index (κ1) is 29.8. The fraction of sp³-hybridized carbons (Fsp3) is 0.167. The Morgan fingerprint density at radius 3 is 1.15 bits per heavy atom. The van der Waals surface area contributed by atoms with Gasteiger partial charge in [-0.3, -0.25) is 19.2 Å². The molecule has 33 heavy (non-hydrogen) atoms. The van der Waals surface area contributed by atoms with Crippen LogP contribution in [-0.4, -0.2) is 66.4 Å². The van der Waals surface area contributed by atoms with Gasteiger partial charge in [0.05, 0.1) is 23.3 Å². The summed E-state index contributed by atoms with van der Waals surface area (Å²) in [7, 11) is 0. The monoisotopic (exact) mass is 494 g/mol. The average molecular weight is 494 g/mol. The Morgan fingerprint density at radius 1 is 0.636 bits per heavy atom. The molecule has 0 radical (unpaired) electrons. The molecule has 0 amide bonds. The van der Waals surface area contributed by atoms with Crippen LogP contribution in [0.4, 0.5) is 0 Å². The van der Waals surface area contributed by atoms with Gasteiger partial charge in [-0.25, -0.2) is 0 Å². The van der Waals surface area contributed by atoms with Crippen molar-refractivity contribution in [1.82, 2.24) is 0 Å². The van der Waals surface area contributed by atoms with Gasteiger partial charge in [0, 0.05) is 46.7 Å². The zero-order valence-electron chi connectivity index (χ0n) is 18.4. The molecule has 0 spiro atoms. The molecule has 172 valence electrons. The molecule has 0 atom stereocenters. The molecule has 0 aromatic heterocycles. The van der Waals surface area contributed by atoms with Gasteiger partial charge in [-0.15, -0.1) is 0 Å². The van der Waals surface area contributed by atoms with Gasteiger partial charge in [0.25, 0.3) is 0 Å². The van der Waals surface area contributed by atoms with E-state index in [4.69, 9.17) is 20.4 Å². The van der Waals surface area contributed by atoms with Crippen LogP contribution >= 0.6 is 0 Å². The standard InChI is InChI=1S/2C10H6O3.2C2H6O.Ti/c2*11-8-5-9(12)10(13)7-4-2-1-3-6(7)8;2*1-2-3;/h2*1-5,12H;2*3H,2H2,1H3;/p+6. The largest absolute Gasteiger partial charge is 0.587 e. The molecular formula is C24H30O8Ti+6. The first-order valence-corrected chi connectivity index (χ1v) is 9.79. The van der Waals surface area contributed by atoms with E-state index in [9.17, 15) is 19.2 Å². The minimum absolute atomic E-state index is 0. The van der Waals surface area contributed by atoms with Crippen LogP contribution in [0.2, 0.25) is 0 Å². The van der Waals surface area contributed by atoms with Crippen molar-refractivity contribution in [2.45, 2.75) is 13.8 Å². The van der Waals surface area contributed by atoms with Crippen LogP contribution in [0.3, 0.4) is 0 Å². The van der Waals surface area contributed by atoms with E-state index in [-0.39, 0.29) is 56.4 Å². The molecule has 0 saturated heterocycles. The molecule has 0 fully saturated rings. The molecule has 2 aromatic rings. The maximum Gasteiger partial charge on any atom is 0.441 e. The van der Waals surface area contributed by atoms with Gasteiger partial charge in [0.2, 0.25) is 0 Å². The third-order valence-electron chi connectivity index (χ3n) is 3.96. The van der Waals surface area contributed by atoms with Crippen molar-refractivity contribution < 1.29 is 61.3 Å². The topological polar surface area (TPSA) is 169 Å². The number of carbonyl (C=O) groups is 2. The summed E-state index contributed by atoms with van der Waals surface area (Å²) < 4.78 is 0. The van der Waals surface area contributed by atoms with Gasteiger partial charge in [-0.1, -0.05) is 36.4 Å². The third kappa shape index (κ3) is 8.03. The normalized spacial score (nSPS) is 13.1.